The third-order valence-corrected chi connectivity index (χ3v) is 3.21. The van der Waals surface area contributed by atoms with Gasteiger partial charge in [0.1, 0.15) is 12.4 Å². The number of ether oxygens (including phenoxy) is 2. The Bertz CT molecular complexity index is 569. The summed E-state index contributed by atoms with van der Waals surface area (Å²) in [6.07, 6.45) is 1.71. The summed E-state index contributed by atoms with van der Waals surface area (Å²) in [7, 11) is 1.35. The molecule has 2 aromatic rings. The maximum Gasteiger partial charge on any atom is 0.337 e. The molecule has 1 aromatic heterocycles. The zero-order valence-corrected chi connectivity index (χ0v) is 11.9. The van der Waals surface area contributed by atoms with Gasteiger partial charge in [0.25, 0.3) is 0 Å². The van der Waals surface area contributed by atoms with Gasteiger partial charge in [-0.3, -0.25) is 4.98 Å². The van der Waals surface area contributed by atoms with Crippen molar-refractivity contribution >= 4 is 21.9 Å². The number of halogens is 1. The smallest absolute Gasteiger partial charge is 0.337 e. The third-order valence-electron chi connectivity index (χ3n) is 2.49. The number of esters is 1. The summed E-state index contributed by atoms with van der Waals surface area (Å²) in [5, 5.41) is 0. The summed E-state index contributed by atoms with van der Waals surface area (Å²) < 4.78 is 11.1. The Morgan fingerprint density at radius 3 is 2.63 bits per heavy atom. The third kappa shape index (κ3) is 3.54. The van der Waals surface area contributed by atoms with E-state index in [0.29, 0.717) is 17.9 Å². The molecule has 5 heteroatoms. The largest absolute Gasteiger partial charge is 0.487 e. The van der Waals surface area contributed by atoms with Crippen molar-refractivity contribution in [2.75, 3.05) is 7.11 Å². The molecule has 0 N–H and O–H groups in total. The van der Waals surface area contributed by atoms with Crippen LogP contribution in [-0.2, 0) is 11.3 Å². The number of nitrogens with zero attached hydrogens (tertiary/aromatic N) is 1. The van der Waals surface area contributed by atoms with Gasteiger partial charge >= 0.3 is 5.97 Å². The van der Waals surface area contributed by atoms with Crippen molar-refractivity contribution < 1.29 is 14.3 Å². The molecule has 1 aromatic carbocycles. The van der Waals surface area contributed by atoms with Crippen LogP contribution >= 0.6 is 15.9 Å². The minimum atomic E-state index is -0.362. The highest BCUT2D eigenvalue weighted by atomic mass is 79.9. The fourth-order valence-corrected chi connectivity index (χ4v) is 1.85. The number of carbonyl (C=O) groups excluding carboxylic acids is 1. The van der Waals surface area contributed by atoms with Crippen LogP contribution < -0.4 is 4.74 Å². The van der Waals surface area contributed by atoms with E-state index in [-0.39, 0.29) is 5.97 Å². The van der Waals surface area contributed by atoms with Gasteiger partial charge in [0.2, 0.25) is 0 Å². The average Bonchev–Trinajstić information content (AvgIpc) is 2.46. The van der Waals surface area contributed by atoms with Gasteiger partial charge < -0.3 is 9.47 Å². The van der Waals surface area contributed by atoms with E-state index in [1.807, 2.05) is 12.1 Å². The Morgan fingerprint density at radius 1 is 1.26 bits per heavy atom. The van der Waals surface area contributed by atoms with Crippen molar-refractivity contribution in [2.24, 2.45) is 0 Å². The molecule has 0 bridgehead atoms. The molecule has 0 aliphatic rings. The molecule has 0 unspecified atom stereocenters. The molecular formula is C14H12BrNO3. The van der Waals surface area contributed by atoms with E-state index in [0.717, 1.165) is 10.2 Å². The second kappa shape index (κ2) is 6.33. The Morgan fingerprint density at radius 2 is 2.00 bits per heavy atom. The number of hydrogen-bond acceptors (Lipinski definition) is 4. The standard InChI is InChI=1S/C14H12BrNO3/c1-18-14(17)10-4-6-11(7-5-10)19-9-13-12(15)3-2-8-16-13/h2-8H,9H2,1H3. The predicted octanol–water partition coefficient (Wildman–Crippen LogP) is 3.21. The molecule has 98 valence electrons. The molecule has 0 aliphatic carbocycles. The van der Waals surface area contributed by atoms with Crippen LogP contribution in [0.25, 0.3) is 0 Å². The molecule has 19 heavy (non-hydrogen) atoms. The lowest BCUT2D eigenvalue weighted by Gasteiger charge is -2.07. The first kappa shape index (κ1) is 13.5. The van der Waals surface area contributed by atoms with Crippen molar-refractivity contribution in [3.63, 3.8) is 0 Å². The van der Waals surface area contributed by atoms with Gasteiger partial charge in [-0.05, 0) is 52.3 Å². The van der Waals surface area contributed by atoms with E-state index in [1.54, 1.807) is 30.5 Å². The van der Waals surface area contributed by atoms with Crippen LogP contribution in [-0.4, -0.2) is 18.1 Å². The number of rotatable bonds is 4. The average molecular weight is 322 g/mol. The van der Waals surface area contributed by atoms with E-state index < -0.39 is 0 Å². The summed E-state index contributed by atoms with van der Waals surface area (Å²) in [5.74, 6) is 0.309. The highest BCUT2D eigenvalue weighted by molar-refractivity contribution is 9.10. The molecule has 0 atom stereocenters. The van der Waals surface area contributed by atoms with Crippen molar-refractivity contribution in [3.05, 3.63) is 58.3 Å². The van der Waals surface area contributed by atoms with Crippen LogP contribution in [0.15, 0.2) is 47.1 Å². The fourth-order valence-electron chi connectivity index (χ4n) is 1.48. The number of methoxy groups -OCH3 is 1. The van der Waals surface area contributed by atoms with Crippen LogP contribution in [0.2, 0.25) is 0 Å². The molecule has 0 fully saturated rings. The van der Waals surface area contributed by atoms with E-state index in [4.69, 9.17) is 4.74 Å². The molecule has 2 rings (SSSR count). The minimum Gasteiger partial charge on any atom is -0.487 e. The van der Waals surface area contributed by atoms with Gasteiger partial charge in [0.05, 0.1) is 18.4 Å². The van der Waals surface area contributed by atoms with Crippen LogP contribution in [0.5, 0.6) is 5.75 Å². The zero-order valence-electron chi connectivity index (χ0n) is 10.3. The fraction of sp³-hybridized carbons (Fsp3) is 0.143. The molecular weight excluding hydrogens is 310 g/mol. The molecule has 0 spiro atoms. The lowest BCUT2D eigenvalue weighted by molar-refractivity contribution is 0.0600. The highest BCUT2D eigenvalue weighted by Crippen LogP contribution is 2.18. The first-order chi connectivity index (χ1) is 9.20. The van der Waals surface area contributed by atoms with Crippen LogP contribution in [0.1, 0.15) is 16.1 Å². The molecule has 0 saturated carbocycles. The Hall–Kier alpha value is -1.88. The summed E-state index contributed by atoms with van der Waals surface area (Å²) in [4.78, 5) is 15.5. The van der Waals surface area contributed by atoms with Gasteiger partial charge in [0.15, 0.2) is 0 Å². The first-order valence-electron chi connectivity index (χ1n) is 5.61. The van der Waals surface area contributed by atoms with E-state index in [2.05, 4.69) is 25.7 Å². The van der Waals surface area contributed by atoms with Gasteiger partial charge in [-0.1, -0.05) is 0 Å². The summed E-state index contributed by atoms with van der Waals surface area (Å²) >= 11 is 3.41. The van der Waals surface area contributed by atoms with Gasteiger partial charge in [-0.25, -0.2) is 4.79 Å². The predicted molar refractivity (Wildman–Crippen MR) is 74.1 cm³/mol. The molecule has 1 heterocycles. The number of hydrogen-bond donors (Lipinski definition) is 0. The minimum absolute atomic E-state index is 0.360. The number of carbonyl (C=O) groups is 1. The molecule has 0 radical (unpaired) electrons. The Kier molecular flexibility index (Phi) is 4.52. The van der Waals surface area contributed by atoms with Crippen LogP contribution in [0.4, 0.5) is 0 Å². The van der Waals surface area contributed by atoms with Crippen molar-refractivity contribution in [1.29, 1.82) is 0 Å². The van der Waals surface area contributed by atoms with Gasteiger partial charge in [-0.2, -0.15) is 0 Å². The highest BCUT2D eigenvalue weighted by Gasteiger charge is 2.05. The summed E-state index contributed by atoms with van der Waals surface area (Å²) in [5.41, 5.74) is 1.31. The normalized spacial score (nSPS) is 10.0. The maximum atomic E-state index is 11.3. The second-order valence-electron chi connectivity index (χ2n) is 3.74. The first-order valence-corrected chi connectivity index (χ1v) is 6.40. The topological polar surface area (TPSA) is 48.4 Å². The molecule has 0 amide bonds. The number of pyridine rings is 1. The van der Waals surface area contributed by atoms with Gasteiger partial charge in [0, 0.05) is 10.7 Å². The number of aromatic nitrogens is 1. The van der Waals surface area contributed by atoms with Crippen molar-refractivity contribution in [2.45, 2.75) is 6.61 Å². The monoisotopic (exact) mass is 321 g/mol. The van der Waals surface area contributed by atoms with Crippen molar-refractivity contribution in [3.8, 4) is 5.75 Å². The summed E-state index contributed by atoms with van der Waals surface area (Å²) in [6, 6.07) is 10.5. The second-order valence-corrected chi connectivity index (χ2v) is 4.59. The van der Waals surface area contributed by atoms with E-state index >= 15 is 0 Å². The summed E-state index contributed by atoms with van der Waals surface area (Å²) in [6.45, 7) is 0.360. The number of benzene rings is 1. The van der Waals surface area contributed by atoms with E-state index in [1.165, 1.54) is 7.11 Å². The Balaban J connectivity index is 2.01. The zero-order chi connectivity index (χ0) is 13.7. The Labute approximate surface area is 119 Å². The van der Waals surface area contributed by atoms with E-state index in [9.17, 15) is 4.79 Å². The van der Waals surface area contributed by atoms with Crippen molar-refractivity contribution in [1.82, 2.24) is 4.98 Å². The van der Waals surface area contributed by atoms with Gasteiger partial charge in [-0.15, -0.1) is 0 Å². The quantitative estimate of drug-likeness (QED) is 0.811. The SMILES string of the molecule is COC(=O)c1ccc(OCc2ncccc2Br)cc1. The molecule has 0 aliphatic heterocycles. The lowest BCUT2D eigenvalue weighted by atomic mass is 10.2. The van der Waals surface area contributed by atoms with Crippen LogP contribution in [0, 0.1) is 0 Å². The maximum absolute atomic E-state index is 11.3. The molecule has 4 nitrogen and oxygen atoms in total. The lowest BCUT2D eigenvalue weighted by Crippen LogP contribution is -2.02. The molecule has 0 saturated heterocycles. The van der Waals surface area contributed by atoms with Crippen LogP contribution in [0.3, 0.4) is 0 Å².